The van der Waals surface area contributed by atoms with E-state index < -0.39 is 0 Å². The average molecular weight is 398 g/mol. The first-order valence-corrected chi connectivity index (χ1v) is 10.6. The third kappa shape index (κ3) is 2.38. The van der Waals surface area contributed by atoms with E-state index in [0.29, 0.717) is 23.1 Å². The summed E-state index contributed by atoms with van der Waals surface area (Å²) in [5.41, 5.74) is 2.63. The van der Waals surface area contributed by atoms with E-state index in [0.717, 1.165) is 17.7 Å². The van der Waals surface area contributed by atoms with E-state index in [1.165, 1.54) is 4.90 Å². The van der Waals surface area contributed by atoms with Crippen molar-refractivity contribution in [2.75, 3.05) is 10.2 Å². The lowest BCUT2D eigenvalue weighted by Crippen LogP contribution is -2.40. The molecule has 3 amide bonds. The molecule has 1 heterocycles. The molecule has 2 saturated carbocycles. The normalized spacial score (nSPS) is 32.8. The molecule has 6 atom stereocenters. The highest BCUT2D eigenvalue weighted by atomic mass is 16.2. The molecule has 1 aliphatic heterocycles. The fourth-order valence-electron chi connectivity index (χ4n) is 5.91. The molecule has 0 unspecified atom stereocenters. The first-order chi connectivity index (χ1) is 14.5. The van der Waals surface area contributed by atoms with Crippen molar-refractivity contribution < 1.29 is 14.4 Å². The summed E-state index contributed by atoms with van der Waals surface area (Å²) in [4.78, 5) is 40.7. The van der Waals surface area contributed by atoms with Gasteiger partial charge in [0.05, 0.1) is 17.5 Å². The lowest BCUT2D eigenvalue weighted by atomic mass is 9.63. The number of nitrogens with zero attached hydrogens (tertiary/aromatic N) is 1. The Labute approximate surface area is 174 Å². The minimum Gasteiger partial charge on any atom is -0.322 e. The number of carbonyl (C=O) groups excluding carboxylic acids is 3. The van der Waals surface area contributed by atoms with Gasteiger partial charge in [-0.1, -0.05) is 36.4 Å². The van der Waals surface area contributed by atoms with Crippen LogP contribution in [0.1, 0.15) is 22.3 Å². The number of amides is 3. The monoisotopic (exact) mass is 398 g/mol. The molecular formula is C25H22N2O3. The lowest BCUT2D eigenvalue weighted by molar-refractivity contribution is -0.124. The van der Waals surface area contributed by atoms with E-state index >= 15 is 0 Å². The van der Waals surface area contributed by atoms with Crippen molar-refractivity contribution in [3.05, 3.63) is 71.8 Å². The fraction of sp³-hybridized carbons (Fsp3) is 0.320. The summed E-state index contributed by atoms with van der Waals surface area (Å²) in [5.74, 6) is 0.593. The zero-order chi connectivity index (χ0) is 20.6. The molecule has 3 fully saturated rings. The number of imide groups is 1. The molecule has 2 aromatic rings. The van der Waals surface area contributed by atoms with Crippen molar-refractivity contribution in [2.24, 2.45) is 35.5 Å². The molecule has 0 aromatic heterocycles. The summed E-state index contributed by atoms with van der Waals surface area (Å²) in [6.07, 6.45) is 5.48. The second-order valence-electron chi connectivity index (χ2n) is 8.99. The molecule has 150 valence electrons. The predicted octanol–water partition coefficient (Wildman–Crippen LogP) is 3.80. The summed E-state index contributed by atoms with van der Waals surface area (Å²) < 4.78 is 0. The minimum absolute atomic E-state index is 0.105. The number of anilines is 2. The largest absolute Gasteiger partial charge is 0.322 e. The van der Waals surface area contributed by atoms with E-state index in [1.807, 2.05) is 31.2 Å². The van der Waals surface area contributed by atoms with Gasteiger partial charge in [-0.25, -0.2) is 4.90 Å². The van der Waals surface area contributed by atoms with Gasteiger partial charge in [-0.3, -0.25) is 14.4 Å². The summed E-state index contributed by atoms with van der Waals surface area (Å²) in [7, 11) is 0. The number of benzene rings is 2. The number of hydrogen-bond donors (Lipinski definition) is 1. The Morgan fingerprint density at radius 2 is 1.60 bits per heavy atom. The van der Waals surface area contributed by atoms with Crippen molar-refractivity contribution in [3.63, 3.8) is 0 Å². The highest BCUT2D eigenvalue weighted by molar-refractivity contribution is 6.23. The number of carbonyl (C=O) groups is 3. The number of para-hydroxylation sites is 1. The van der Waals surface area contributed by atoms with E-state index in [9.17, 15) is 14.4 Å². The van der Waals surface area contributed by atoms with Crippen LogP contribution in [0, 0.1) is 42.4 Å². The standard InChI is InChI=1S/C25H22N2O3/c1-13-5-2-3-8-20(13)26-23(28)14-6-4-7-15(11-14)27-24(29)21-16-9-10-17(19-12-18(16)19)22(21)25(27)30/h2-11,16-19,21-22H,12H2,1H3,(H,26,28)/t16-,17-,18-,19+,21+,22+/m0/s1. The van der Waals surface area contributed by atoms with Crippen molar-refractivity contribution in [3.8, 4) is 0 Å². The van der Waals surface area contributed by atoms with E-state index in [2.05, 4.69) is 17.5 Å². The van der Waals surface area contributed by atoms with Crippen molar-refractivity contribution in [1.82, 2.24) is 0 Å². The van der Waals surface area contributed by atoms with Gasteiger partial charge < -0.3 is 5.32 Å². The van der Waals surface area contributed by atoms with Crippen LogP contribution < -0.4 is 10.2 Å². The molecule has 5 nitrogen and oxygen atoms in total. The van der Waals surface area contributed by atoms with Crippen molar-refractivity contribution >= 4 is 29.1 Å². The maximum Gasteiger partial charge on any atom is 0.255 e. The second kappa shape index (κ2) is 6.14. The molecular weight excluding hydrogens is 376 g/mol. The summed E-state index contributed by atoms with van der Waals surface area (Å²) in [6, 6.07) is 14.4. The molecule has 0 radical (unpaired) electrons. The van der Waals surface area contributed by atoms with Gasteiger partial charge in [0, 0.05) is 11.3 Å². The fourth-order valence-corrected chi connectivity index (χ4v) is 5.91. The number of nitrogens with one attached hydrogen (secondary N) is 1. The smallest absolute Gasteiger partial charge is 0.255 e. The quantitative estimate of drug-likeness (QED) is 0.632. The molecule has 1 N–H and O–H groups in total. The Hall–Kier alpha value is -3.21. The molecule has 2 bridgehead atoms. The maximum atomic E-state index is 13.3. The predicted molar refractivity (Wildman–Crippen MR) is 113 cm³/mol. The molecule has 4 aliphatic carbocycles. The maximum absolute atomic E-state index is 13.3. The van der Waals surface area contributed by atoms with Crippen LogP contribution in [0.25, 0.3) is 0 Å². The Morgan fingerprint density at radius 3 is 2.27 bits per heavy atom. The van der Waals surface area contributed by atoms with Crippen LogP contribution >= 0.6 is 0 Å². The SMILES string of the molecule is Cc1ccccc1NC(=O)c1cccc(N2C(=O)[C@@H]3[C@H]4C=C[C@@H]([C@@H]5C[C@H]45)[C@H]3C2=O)c1. The van der Waals surface area contributed by atoms with Crippen LogP contribution in [-0.2, 0) is 9.59 Å². The number of hydrogen-bond acceptors (Lipinski definition) is 3. The van der Waals surface area contributed by atoms with Gasteiger partial charge in [0.25, 0.3) is 5.91 Å². The molecule has 1 saturated heterocycles. The minimum atomic E-state index is -0.259. The Bertz CT molecular complexity index is 1100. The highest BCUT2D eigenvalue weighted by Gasteiger charge is 2.67. The van der Waals surface area contributed by atoms with Gasteiger partial charge in [0.15, 0.2) is 0 Å². The topological polar surface area (TPSA) is 66.5 Å². The number of rotatable bonds is 3. The molecule has 5 aliphatic rings. The Balaban J connectivity index is 1.30. The number of aryl methyl sites for hydroxylation is 1. The van der Waals surface area contributed by atoms with Gasteiger partial charge in [0.1, 0.15) is 0 Å². The van der Waals surface area contributed by atoms with Gasteiger partial charge in [-0.2, -0.15) is 0 Å². The molecule has 5 heteroatoms. The van der Waals surface area contributed by atoms with Crippen LogP contribution in [-0.4, -0.2) is 17.7 Å². The van der Waals surface area contributed by atoms with Crippen LogP contribution in [0.15, 0.2) is 60.7 Å². The Kier molecular flexibility index (Phi) is 3.61. The third-order valence-corrected chi connectivity index (χ3v) is 7.42. The zero-order valence-corrected chi connectivity index (χ0v) is 16.6. The first kappa shape index (κ1) is 17.6. The molecule has 2 aromatic carbocycles. The van der Waals surface area contributed by atoms with E-state index in [-0.39, 0.29) is 41.4 Å². The number of allylic oxidation sites excluding steroid dienone is 2. The van der Waals surface area contributed by atoms with Gasteiger partial charge in [-0.05, 0) is 66.8 Å². The summed E-state index contributed by atoms with van der Waals surface area (Å²) in [5, 5.41) is 2.92. The summed E-state index contributed by atoms with van der Waals surface area (Å²) in [6.45, 7) is 1.93. The molecule has 30 heavy (non-hydrogen) atoms. The van der Waals surface area contributed by atoms with Crippen LogP contribution in [0.3, 0.4) is 0 Å². The highest BCUT2D eigenvalue weighted by Crippen LogP contribution is 2.65. The first-order valence-electron chi connectivity index (χ1n) is 10.6. The van der Waals surface area contributed by atoms with Gasteiger partial charge in [-0.15, -0.1) is 0 Å². The summed E-state index contributed by atoms with van der Waals surface area (Å²) >= 11 is 0. The third-order valence-electron chi connectivity index (χ3n) is 7.42. The van der Waals surface area contributed by atoms with Gasteiger partial charge in [0.2, 0.25) is 11.8 Å². The van der Waals surface area contributed by atoms with Crippen molar-refractivity contribution in [2.45, 2.75) is 13.3 Å². The lowest BCUT2D eigenvalue weighted by Gasteiger charge is -2.37. The van der Waals surface area contributed by atoms with Crippen LogP contribution in [0.5, 0.6) is 0 Å². The van der Waals surface area contributed by atoms with Crippen LogP contribution in [0.4, 0.5) is 11.4 Å². The van der Waals surface area contributed by atoms with Crippen molar-refractivity contribution in [1.29, 1.82) is 0 Å². The van der Waals surface area contributed by atoms with Crippen LogP contribution in [0.2, 0.25) is 0 Å². The molecule has 0 spiro atoms. The second-order valence-corrected chi connectivity index (χ2v) is 8.99. The van der Waals surface area contributed by atoms with Gasteiger partial charge >= 0.3 is 0 Å². The molecule has 7 rings (SSSR count). The Morgan fingerprint density at radius 1 is 0.933 bits per heavy atom. The van der Waals surface area contributed by atoms with E-state index in [1.54, 1.807) is 24.3 Å². The zero-order valence-electron chi connectivity index (χ0n) is 16.6. The van der Waals surface area contributed by atoms with E-state index in [4.69, 9.17) is 0 Å². The average Bonchev–Trinajstić information content (AvgIpc) is 3.53.